The summed E-state index contributed by atoms with van der Waals surface area (Å²) in [5.41, 5.74) is 3.34. The zero-order chi connectivity index (χ0) is 17.9. The Morgan fingerprint density at radius 2 is 1.96 bits per heavy atom. The highest BCUT2D eigenvalue weighted by Gasteiger charge is 2.29. The topological polar surface area (TPSA) is 61.6 Å². The van der Waals surface area contributed by atoms with Crippen molar-refractivity contribution in [2.45, 2.75) is 33.1 Å². The molecule has 1 fully saturated rings. The number of aliphatic hydroxyl groups excluding tert-OH is 1. The molecule has 2 heterocycles. The number of nitrogens with zero attached hydrogens (tertiary/aromatic N) is 4. The van der Waals surface area contributed by atoms with E-state index < -0.39 is 0 Å². The van der Waals surface area contributed by atoms with Crippen LogP contribution in [-0.2, 0) is 18.3 Å². The lowest BCUT2D eigenvalue weighted by molar-refractivity contribution is -0.134. The molecule has 0 saturated carbocycles. The predicted octanol–water partition coefficient (Wildman–Crippen LogP) is 0.988. The first-order chi connectivity index (χ1) is 11.3. The van der Waals surface area contributed by atoms with Gasteiger partial charge in [-0.25, -0.2) is 0 Å². The molecule has 6 nitrogen and oxygen atoms in total. The van der Waals surface area contributed by atoms with Crippen LogP contribution in [0.15, 0.2) is 0 Å². The zero-order valence-corrected chi connectivity index (χ0v) is 15.7. The Labute approximate surface area is 145 Å². The van der Waals surface area contributed by atoms with Crippen molar-refractivity contribution in [1.29, 1.82) is 0 Å². The minimum absolute atomic E-state index is 0.161. The smallest absolute Gasteiger partial charge is 0.222 e. The second-order valence-electron chi connectivity index (χ2n) is 7.48. The molecule has 1 amide bonds. The molecule has 24 heavy (non-hydrogen) atoms. The van der Waals surface area contributed by atoms with Crippen LogP contribution in [0.25, 0.3) is 0 Å². The van der Waals surface area contributed by atoms with Gasteiger partial charge in [0.25, 0.3) is 0 Å². The molecule has 0 aliphatic carbocycles. The van der Waals surface area contributed by atoms with E-state index in [4.69, 9.17) is 0 Å². The van der Waals surface area contributed by atoms with Gasteiger partial charge in [0.1, 0.15) is 0 Å². The largest absolute Gasteiger partial charge is 0.396 e. The van der Waals surface area contributed by atoms with Gasteiger partial charge in [-0.2, -0.15) is 5.10 Å². The molecule has 6 heteroatoms. The van der Waals surface area contributed by atoms with Gasteiger partial charge in [0.2, 0.25) is 5.91 Å². The maximum atomic E-state index is 12.7. The SMILES string of the molecule is Cc1nn(C)c(C)c1CCC(=O)N1C[C@H](CO)C[C@H](CN(C)C)C1. The van der Waals surface area contributed by atoms with Crippen LogP contribution >= 0.6 is 0 Å². The number of carbonyl (C=O) groups is 1. The van der Waals surface area contributed by atoms with Crippen LogP contribution in [0.2, 0.25) is 0 Å². The summed E-state index contributed by atoms with van der Waals surface area (Å²) in [7, 11) is 6.06. The first-order valence-electron chi connectivity index (χ1n) is 8.84. The molecule has 1 aliphatic rings. The van der Waals surface area contributed by atoms with Crippen LogP contribution in [0.3, 0.4) is 0 Å². The summed E-state index contributed by atoms with van der Waals surface area (Å²) in [6.07, 6.45) is 2.25. The van der Waals surface area contributed by atoms with E-state index >= 15 is 0 Å². The van der Waals surface area contributed by atoms with E-state index in [1.165, 1.54) is 5.56 Å². The number of piperidine rings is 1. The van der Waals surface area contributed by atoms with Gasteiger partial charge in [-0.15, -0.1) is 0 Å². The summed E-state index contributed by atoms with van der Waals surface area (Å²) >= 11 is 0. The van der Waals surface area contributed by atoms with Crippen LogP contribution in [0.4, 0.5) is 0 Å². The molecule has 0 spiro atoms. The van der Waals surface area contributed by atoms with E-state index in [2.05, 4.69) is 31.0 Å². The van der Waals surface area contributed by atoms with Crippen molar-refractivity contribution < 1.29 is 9.90 Å². The Hall–Kier alpha value is -1.40. The van der Waals surface area contributed by atoms with Gasteiger partial charge in [0, 0.05) is 45.4 Å². The highest BCUT2D eigenvalue weighted by atomic mass is 16.3. The Bertz CT molecular complexity index is 568. The molecular weight excluding hydrogens is 304 g/mol. The lowest BCUT2D eigenvalue weighted by atomic mass is 9.89. The fraction of sp³-hybridized carbons (Fsp3) is 0.778. The average Bonchev–Trinajstić information content (AvgIpc) is 2.76. The summed E-state index contributed by atoms with van der Waals surface area (Å²) in [6.45, 7) is 6.66. The number of amides is 1. The minimum atomic E-state index is 0.161. The van der Waals surface area contributed by atoms with Crippen molar-refractivity contribution in [2.75, 3.05) is 40.3 Å². The summed E-state index contributed by atoms with van der Waals surface area (Å²) in [6, 6.07) is 0. The molecule has 1 saturated heterocycles. The molecule has 136 valence electrons. The van der Waals surface area contributed by atoms with Crippen molar-refractivity contribution in [3.05, 3.63) is 17.0 Å². The van der Waals surface area contributed by atoms with Crippen molar-refractivity contribution >= 4 is 5.91 Å². The fourth-order valence-electron chi connectivity index (χ4n) is 3.87. The van der Waals surface area contributed by atoms with Gasteiger partial charge >= 0.3 is 0 Å². The molecule has 2 atom stereocenters. The van der Waals surface area contributed by atoms with Gasteiger partial charge in [-0.05, 0) is 58.2 Å². The minimum Gasteiger partial charge on any atom is -0.396 e. The third-order valence-electron chi connectivity index (χ3n) is 5.11. The van der Waals surface area contributed by atoms with Crippen LogP contribution < -0.4 is 0 Å². The number of hydrogen-bond acceptors (Lipinski definition) is 4. The third kappa shape index (κ3) is 4.57. The summed E-state index contributed by atoms with van der Waals surface area (Å²) < 4.78 is 1.88. The monoisotopic (exact) mass is 336 g/mol. The summed E-state index contributed by atoms with van der Waals surface area (Å²) in [5, 5.41) is 14.0. The van der Waals surface area contributed by atoms with Crippen LogP contribution in [-0.4, -0.2) is 70.9 Å². The molecule has 0 radical (unpaired) electrons. The lowest BCUT2D eigenvalue weighted by Gasteiger charge is -2.38. The van der Waals surface area contributed by atoms with E-state index in [0.717, 1.165) is 37.3 Å². The highest BCUT2D eigenvalue weighted by Crippen LogP contribution is 2.23. The molecule has 1 N–H and O–H groups in total. The normalized spacial score (nSPS) is 21.5. The maximum absolute atomic E-state index is 12.7. The molecule has 0 bridgehead atoms. The first-order valence-corrected chi connectivity index (χ1v) is 8.84. The Morgan fingerprint density at radius 1 is 1.29 bits per heavy atom. The third-order valence-corrected chi connectivity index (χ3v) is 5.11. The number of carbonyl (C=O) groups excluding carboxylic acids is 1. The van der Waals surface area contributed by atoms with Gasteiger partial charge < -0.3 is 14.9 Å². The summed E-state index contributed by atoms with van der Waals surface area (Å²) in [4.78, 5) is 16.8. The van der Waals surface area contributed by atoms with E-state index in [1.54, 1.807) is 0 Å². The Kier molecular flexibility index (Phi) is 6.40. The van der Waals surface area contributed by atoms with Gasteiger partial charge in [-0.3, -0.25) is 9.48 Å². The quantitative estimate of drug-likeness (QED) is 0.841. The molecule has 1 aromatic rings. The standard InChI is InChI=1S/C18H32N4O2/c1-13-17(14(2)21(5)19-13)6-7-18(24)22-10-15(9-20(3)4)8-16(11-22)12-23/h15-16,23H,6-12H2,1-5H3/t15-,16-/m1/s1. The first kappa shape index (κ1) is 18.9. The Morgan fingerprint density at radius 3 is 2.50 bits per heavy atom. The number of aryl methyl sites for hydroxylation is 2. The van der Waals surface area contributed by atoms with E-state index in [9.17, 15) is 9.90 Å². The van der Waals surface area contributed by atoms with Gasteiger partial charge in [0.15, 0.2) is 0 Å². The number of hydrogen-bond donors (Lipinski definition) is 1. The lowest BCUT2D eigenvalue weighted by Crippen LogP contribution is -2.47. The molecule has 1 aliphatic heterocycles. The number of likely N-dealkylation sites (tertiary alicyclic amines) is 1. The maximum Gasteiger partial charge on any atom is 0.222 e. The highest BCUT2D eigenvalue weighted by molar-refractivity contribution is 5.76. The van der Waals surface area contributed by atoms with E-state index in [-0.39, 0.29) is 18.4 Å². The number of rotatable bonds is 6. The second kappa shape index (κ2) is 8.12. The van der Waals surface area contributed by atoms with Crippen molar-refractivity contribution in [3.63, 3.8) is 0 Å². The molecular formula is C18H32N4O2. The van der Waals surface area contributed by atoms with Crippen LogP contribution in [0.5, 0.6) is 0 Å². The summed E-state index contributed by atoms with van der Waals surface area (Å²) in [5.74, 6) is 0.839. The second-order valence-corrected chi connectivity index (χ2v) is 7.48. The van der Waals surface area contributed by atoms with Crippen molar-refractivity contribution in [1.82, 2.24) is 19.6 Å². The molecule has 1 aromatic heterocycles. The zero-order valence-electron chi connectivity index (χ0n) is 15.7. The number of aromatic nitrogens is 2. The van der Waals surface area contributed by atoms with Gasteiger partial charge in [0.05, 0.1) is 5.69 Å². The van der Waals surface area contributed by atoms with Crippen molar-refractivity contribution in [2.24, 2.45) is 18.9 Å². The van der Waals surface area contributed by atoms with E-state index in [1.807, 2.05) is 23.6 Å². The Balaban J connectivity index is 1.97. The van der Waals surface area contributed by atoms with Crippen LogP contribution in [0.1, 0.15) is 29.8 Å². The van der Waals surface area contributed by atoms with E-state index in [0.29, 0.717) is 18.9 Å². The molecule has 0 aromatic carbocycles. The number of aliphatic hydroxyl groups is 1. The molecule has 2 rings (SSSR count). The van der Waals surface area contributed by atoms with Crippen LogP contribution in [0, 0.1) is 25.7 Å². The fourth-order valence-corrected chi connectivity index (χ4v) is 3.87. The van der Waals surface area contributed by atoms with Gasteiger partial charge in [-0.1, -0.05) is 0 Å². The predicted molar refractivity (Wildman–Crippen MR) is 94.8 cm³/mol. The average molecular weight is 336 g/mol. The molecule has 0 unspecified atom stereocenters. The van der Waals surface area contributed by atoms with Crippen molar-refractivity contribution in [3.8, 4) is 0 Å².